The van der Waals surface area contributed by atoms with Crippen LogP contribution in [0.25, 0.3) is 11.5 Å². The highest BCUT2D eigenvalue weighted by molar-refractivity contribution is 5.96. The maximum Gasteiger partial charge on any atom is 0.270 e. The lowest BCUT2D eigenvalue weighted by molar-refractivity contribution is -0.122. The van der Waals surface area contributed by atoms with Gasteiger partial charge in [0.25, 0.3) is 5.91 Å². The van der Waals surface area contributed by atoms with Gasteiger partial charge in [0.1, 0.15) is 18.3 Å². The lowest BCUT2D eigenvalue weighted by Crippen LogP contribution is -2.48. The van der Waals surface area contributed by atoms with E-state index >= 15 is 0 Å². The van der Waals surface area contributed by atoms with E-state index in [9.17, 15) is 9.59 Å². The van der Waals surface area contributed by atoms with Crippen LogP contribution in [0.15, 0.2) is 34.7 Å². The Balaban J connectivity index is 1.84. The Kier molecular flexibility index (Phi) is 6.92. The van der Waals surface area contributed by atoms with Crippen molar-refractivity contribution in [3.8, 4) is 17.5 Å². The molecule has 0 fully saturated rings. The number of amides is 2. The van der Waals surface area contributed by atoms with E-state index in [1.165, 1.54) is 4.68 Å². The Morgan fingerprint density at radius 1 is 1.24 bits per heavy atom. The van der Waals surface area contributed by atoms with Crippen LogP contribution in [0.1, 0.15) is 48.4 Å². The van der Waals surface area contributed by atoms with Gasteiger partial charge in [0, 0.05) is 31.4 Å². The first kappa shape index (κ1) is 23.7. The van der Waals surface area contributed by atoms with E-state index in [-0.39, 0.29) is 18.4 Å². The molecule has 3 aromatic rings. The zero-order chi connectivity index (χ0) is 24.2. The van der Waals surface area contributed by atoms with Crippen LogP contribution in [-0.4, -0.2) is 44.4 Å². The molecule has 0 saturated heterocycles. The number of nitrogens with zero attached hydrogens (tertiary/aromatic N) is 5. The molecule has 3 rings (SSSR count). The van der Waals surface area contributed by atoms with Crippen LogP contribution < -0.4 is 10.6 Å². The summed E-state index contributed by atoms with van der Waals surface area (Å²) in [7, 11) is 1.69. The van der Waals surface area contributed by atoms with Gasteiger partial charge in [0.15, 0.2) is 0 Å². The van der Waals surface area contributed by atoms with Gasteiger partial charge in [0.2, 0.25) is 17.7 Å². The van der Waals surface area contributed by atoms with Gasteiger partial charge in [-0.3, -0.25) is 14.3 Å². The number of nitrogens with one attached hydrogen (secondary N) is 2. The zero-order valence-electron chi connectivity index (χ0n) is 19.3. The van der Waals surface area contributed by atoms with Gasteiger partial charge in [-0.15, -0.1) is 10.2 Å². The van der Waals surface area contributed by atoms with Gasteiger partial charge < -0.3 is 15.1 Å². The van der Waals surface area contributed by atoms with Crippen molar-refractivity contribution in [2.45, 2.75) is 45.6 Å². The third kappa shape index (κ3) is 5.83. The highest BCUT2D eigenvalue weighted by Crippen LogP contribution is 2.22. The minimum atomic E-state index is -0.904. The normalized spacial score (nSPS) is 12.1. The summed E-state index contributed by atoms with van der Waals surface area (Å²) in [6.45, 7) is 7.56. The van der Waals surface area contributed by atoms with Crippen molar-refractivity contribution in [2.75, 3.05) is 6.54 Å². The van der Waals surface area contributed by atoms with Crippen LogP contribution in [0.3, 0.4) is 0 Å². The van der Waals surface area contributed by atoms with Gasteiger partial charge in [-0.25, -0.2) is 0 Å². The Hall–Kier alpha value is -4.00. The number of aromatic nitrogens is 4. The second-order valence-electron chi connectivity index (χ2n) is 8.72. The van der Waals surface area contributed by atoms with E-state index < -0.39 is 17.9 Å². The van der Waals surface area contributed by atoms with Gasteiger partial charge in [-0.05, 0) is 23.8 Å². The molecule has 1 aromatic carbocycles. The Morgan fingerprint density at radius 2 is 2.00 bits per heavy atom. The molecule has 0 radical (unpaired) electrons. The number of benzene rings is 1. The number of carbonyl (C=O) groups excluding carboxylic acids is 2. The Bertz CT molecular complexity index is 1200. The fraction of sp³-hybridized carbons (Fsp3) is 0.391. The average Bonchev–Trinajstić information content (AvgIpc) is 3.37. The number of hydrogen-bond acceptors (Lipinski definition) is 7. The summed E-state index contributed by atoms with van der Waals surface area (Å²) in [5.74, 6) is -0.0703. The van der Waals surface area contributed by atoms with E-state index in [0.29, 0.717) is 23.0 Å². The quantitative estimate of drug-likeness (QED) is 0.526. The molecule has 2 aromatic heterocycles. The fourth-order valence-electron chi connectivity index (χ4n) is 3.22. The molecule has 0 aliphatic carbocycles. The second-order valence-corrected chi connectivity index (χ2v) is 8.72. The smallest absolute Gasteiger partial charge is 0.270 e. The predicted octanol–water partition coefficient (Wildman–Crippen LogP) is 2.06. The molecule has 0 saturated carbocycles. The van der Waals surface area contributed by atoms with Crippen molar-refractivity contribution in [3.63, 3.8) is 0 Å². The molecular weight excluding hydrogens is 422 g/mol. The summed E-state index contributed by atoms with van der Waals surface area (Å²) >= 11 is 0. The predicted molar refractivity (Wildman–Crippen MR) is 120 cm³/mol. The van der Waals surface area contributed by atoms with E-state index in [0.717, 1.165) is 11.3 Å². The minimum Gasteiger partial charge on any atom is -0.421 e. The molecule has 172 valence electrons. The minimum absolute atomic E-state index is 0.160. The summed E-state index contributed by atoms with van der Waals surface area (Å²) in [6, 6.07) is 9.99. The van der Waals surface area contributed by atoms with Crippen molar-refractivity contribution >= 4 is 11.8 Å². The number of hydrogen-bond donors (Lipinski definition) is 2. The Morgan fingerprint density at radius 3 is 2.61 bits per heavy atom. The van der Waals surface area contributed by atoms with Crippen LogP contribution in [0.5, 0.6) is 0 Å². The van der Waals surface area contributed by atoms with E-state index in [1.54, 1.807) is 20.0 Å². The first-order valence-electron chi connectivity index (χ1n) is 10.5. The molecule has 0 unspecified atom stereocenters. The maximum atomic E-state index is 13.0. The summed E-state index contributed by atoms with van der Waals surface area (Å²) in [4.78, 5) is 25.8. The van der Waals surface area contributed by atoms with Crippen LogP contribution in [0.2, 0.25) is 0 Å². The van der Waals surface area contributed by atoms with E-state index in [4.69, 9.17) is 9.68 Å². The number of rotatable bonds is 7. The number of aryl methyl sites for hydroxylation is 2. The molecule has 2 N–H and O–H groups in total. The molecule has 0 bridgehead atoms. The van der Waals surface area contributed by atoms with Crippen LogP contribution in [-0.2, 0) is 23.7 Å². The molecule has 10 nitrogen and oxygen atoms in total. The van der Waals surface area contributed by atoms with Crippen molar-refractivity contribution in [1.82, 2.24) is 30.6 Å². The monoisotopic (exact) mass is 449 g/mol. The van der Waals surface area contributed by atoms with Crippen LogP contribution in [0, 0.1) is 18.3 Å². The van der Waals surface area contributed by atoms with E-state index in [1.807, 2.05) is 51.1 Å². The average molecular weight is 450 g/mol. The molecule has 2 heterocycles. The number of nitriles is 1. The SMILES string of the molecule is Cc1nnc(-c2cccc(C[C@H](NC(=O)c3cc(C(C)(C)C)nn3C)C(=O)NCC#N)c2)o1. The molecule has 0 aliphatic heterocycles. The van der Waals surface area contributed by atoms with Gasteiger partial charge >= 0.3 is 0 Å². The van der Waals surface area contributed by atoms with Crippen molar-refractivity contribution in [3.05, 3.63) is 53.2 Å². The third-order valence-electron chi connectivity index (χ3n) is 4.98. The molecule has 0 spiro atoms. The zero-order valence-corrected chi connectivity index (χ0v) is 19.3. The van der Waals surface area contributed by atoms with Gasteiger partial charge in [-0.1, -0.05) is 32.9 Å². The summed E-state index contributed by atoms with van der Waals surface area (Å²) in [5.41, 5.74) is 2.36. The van der Waals surface area contributed by atoms with E-state index in [2.05, 4.69) is 25.9 Å². The maximum absolute atomic E-state index is 13.0. The molecule has 1 atom stereocenters. The molecule has 0 aliphatic rings. The lowest BCUT2D eigenvalue weighted by atomic mass is 9.92. The first-order valence-corrected chi connectivity index (χ1v) is 10.5. The molecular formula is C23H27N7O3. The standard InChI is InChI=1S/C23H27N7O3/c1-14-27-28-22(33-14)16-8-6-7-15(11-16)12-17(20(31)25-10-9-24)26-21(32)18-13-19(23(2,3)4)29-30(18)5/h6-8,11,13,17H,10,12H2,1-5H3,(H,25,31)(H,26,32)/t17-/m0/s1. The van der Waals surface area contributed by atoms with Crippen molar-refractivity contribution in [1.29, 1.82) is 5.26 Å². The highest BCUT2D eigenvalue weighted by Gasteiger charge is 2.26. The van der Waals surface area contributed by atoms with Crippen LogP contribution >= 0.6 is 0 Å². The third-order valence-corrected chi connectivity index (χ3v) is 4.98. The molecule has 2 amide bonds. The molecule has 33 heavy (non-hydrogen) atoms. The Labute approximate surface area is 192 Å². The van der Waals surface area contributed by atoms with Crippen LogP contribution in [0.4, 0.5) is 0 Å². The van der Waals surface area contributed by atoms with Gasteiger partial charge in [0.05, 0.1) is 11.8 Å². The summed E-state index contributed by atoms with van der Waals surface area (Å²) < 4.78 is 6.98. The largest absolute Gasteiger partial charge is 0.421 e. The van der Waals surface area contributed by atoms with Crippen molar-refractivity contribution in [2.24, 2.45) is 7.05 Å². The van der Waals surface area contributed by atoms with Crippen molar-refractivity contribution < 1.29 is 14.0 Å². The number of carbonyl (C=O) groups is 2. The fourth-order valence-corrected chi connectivity index (χ4v) is 3.22. The summed E-state index contributed by atoms with van der Waals surface area (Å²) in [5, 5.41) is 26.4. The molecule has 10 heteroatoms. The van der Waals surface area contributed by atoms with Gasteiger partial charge in [-0.2, -0.15) is 10.4 Å². The lowest BCUT2D eigenvalue weighted by Gasteiger charge is -2.18. The first-order chi connectivity index (χ1) is 15.6. The highest BCUT2D eigenvalue weighted by atomic mass is 16.4. The summed E-state index contributed by atoms with van der Waals surface area (Å²) in [6.07, 6.45) is 0.202. The topological polar surface area (TPSA) is 139 Å². The second kappa shape index (κ2) is 9.65.